The minimum Gasteiger partial charge on any atom is -0.335 e. The molecule has 1 aromatic carbocycles. The van der Waals surface area contributed by atoms with Crippen molar-refractivity contribution in [3.63, 3.8) is 0 Å². The summed E-state index contributed by atoms with van der Waals surface area (Å²) >= 11 is 9.31. The lowest BCUT2D eigenvalue weighted by molar-refractivity contribution is 0.0621. The third-order valence-corrected chi connectivity index (χ3v) is 5.39. The van der Waals surface area contributed by atoms with E-state index < -0.39 is 0 Å². The van der Waals surface area contributed by atoms with Crippen LogP contribution in [-0.4, -0.2) is 61.4 Å². The summed E-state index contributed by atoms with van der Waals surface area (Å²) in [5.74, 6) is -0.0217. The highest BCUT2D eigenvalue weighted by Crippen LogP contribution is 2.14. The van der Waals surface area contributed by atoms with Gasteiger partial charge < -0.3 is 4.90 Å². The van der Waals surface area contributed by atoms with Crippen LogP contribution in [-0.2, 0) is 13.2 Å². The predicted molar refractivity (Wildman–Crippen MR) is 110 cm³/mol. The maximum atomic E-state index is 12.8. The van der Waals surface area contributed by atoms with Crippen LogP contribution in [0.4, 0.5) is 0 Å². The van der Waals surface area contributed by atoms with Gasteiger partial charge in [0.15, 0.2) is 0 Å². The Morgan fingerprint density at radius 1 is 1.07 bits per heavy atom. The molecule has 1 fully saturated rings. The summed E-state index contributed by atoms with van der Waals surface area (Å²) in [5, 5.41) is 9.36. The molecular formula is C19H20BrClN6O. The van der Waals surface area contributed by atoms with E-state index in [2.05, 4.69) is 31.0 Å². The average molecular weight is 464 g/mol. The van der Waals surface area contributed by atoms with E-state index in [9.17, 15) is 4.79 Å². The van der Waals surface area contributed by atoms with Crippen LogP contribution < -0.4 is 0 Å². The predicted octanol–water partition coefficient (Wildman–Crippen LogP) is 2.96. The lowest BCUT2D eigenvalue weighted by Crippen LogP contribution is -2.48. The number of rotatable bonds is 5. The normalized spacial score (nSPS) is 15.1. The largest absolute Gasteiger partial charge is 0.335 e. The highest BCUT2D eigenvalue weighted by molar-refractivity contribution is 9.10. The zero-order valence-electron chi connectivity index (χ0n) is 15.2. The zero-order chi connectivity index (χ0) is 19.5. The molecule has 2 aromatic heterocycles. The number of carbonyl (C=O) groups excluding carboxylic acids is 1. The second kappa shape index (κ2) is 8.46. The molecule has 0 saturated carbocycles. The Bertz CT molecular complexity index is 946. The maximum absolute atomic E-state index is 12.8. The lowest BCUT2D eigenvalue weighted by Gasteiger charge is -2.34. The van der Waals surface area contributed by atoms with Gasteiger partial charge in [-0.05, 0) is 39.7 Å². The summed E-state index contributed by atoms with van der Waals surface area (Å²) in [6.07, 6.45) is 5.39. The standard InChI is InChI=1S/C19H20BrClN6O/c20-16-11-22-27(13-16)14-26-6-5-18(23-26)19(28)25-9-7-24(8-10-25)12-15-1-3-17(21)4-2-15/h1-6,11,13H,7-10,12,14H2. The molecule has 1 saturated heterocycles. The first-order valence-corrected chi connectivity index (χ1v) is 10.2. The van der Waals surface area contributed by atoms with Gasteiger partial charge in [0.25, 0.3) is 5.91 Å². The number of hydrogen-bond acceptors (Lipinski definition) is 4. The van der Waals surface area contributed by atoms with E-state index in [1.54, 1.807) is 27.8 Å². The Morgan fingerprint density at radius 2 is 1.82 bits per heavy atom. The smallest absolute Gasteiger partial charge is 0.274 e. The Labute approximate surface area is 176 Å². The molecule has 0 bridgehead atoms. The molecule has 4 rings (SSSR count). The van der Waals surface area contributed by atoms with Gasteiger partial charge in [-0.3, -0.25) is 14.4 Å². The molecule has 0 aliphatic carbocycles. The van der Waals surface area contributed by atoms with Gasteiger partial charge in [0.2, 0.25) is 0 Å². The fourth-order valence-corrected chi connectivity index (χ4v) is 3.69. The molecule has 1 amide bonds. The van der Waals surface area contributed by atoms with Crippen molar-refractivity contribution in [3.8, 4) is 0 Å². The van der Waals surface area contributed by atoms with Crippen LogP contribution in [0, 0.1) is 0 Å². The van der Waals surface area contributed by atoms with Gasteiger partial charge in [-0.2, -0.15) is 10.2 Å². The summed E-state index contributed by atoms with van der Waals surface area (Å²) in [5.41, 5.74) is 1.70. The molecule has 3 aromatic rings. The van der Waals surface area contributed by atoms with Crippen molar-refractivity contribution in [3.05, 3.63) is 69.7 Å². The van der Waals surface area contributed by atoms with Gasteiger partial charge in [-0.1, -0.05) is 23.7 Å². The van der Waals surface area contributed by atoms with Crippen LogP contribution in [0.5, 0.6) is 0 Å². The van der Waals surface area contributed by atoms with E-state index >= 15 is 0 Å². The van der Waals surface area contributed by atoms with E-state index in [1.165, 1.54) is 5.56 Å². The van der Waals surface area contributed by atoms with Crippen LogP contribution in [0.1, 0.15) is 16.1 Å². The Morgan fingerprint density at radius 3 is 2.50 bits per heavy atom. The number of amides is 1. The van der Waals surface area contributed by atoms with Crippen LogP contribution in [0.3, 0.4) is 0 Å². The third kappa shape index (κ3) is 4.63. The number of aromatic nitrogens is 4. The summed E-state index contributed by atoms with van der Waals surface area (Å²) in [7, 11) is 0. The number of benzene rings is 1. The van der Waals surface area contributed by atoms with E-state index in [4.69, 9.17) is 11.6 Å². The quantitative estimate of drug-likeness (QED) is 0.584. The Kier molecular flexibility index (Phi) is 5.79. The van der Waals surface area contributed by atoms with Crippen molar-refractivity contribution in [1.82, 2.24) is 29.4 Å². The molecule has 0 radical (unpaired) electrons. The van der Waals surface area contributed by atoms with Gasteiger partial charge >= 0.3 is 0 Å². The number of nitrogens with zero attached hydrogens (tertiary/aromatic N) is 6. The highest BCUT2D eigenvalue weighted by Gasteiger charge is 2.23. The van der Waals surface area contributed by atoms with E-state index in [1.807, 2.05) is 35.4 Å². The molecule has 1 aliphatic heterocycles. The van der Waals surface area contributed by atoms with Gasteiger partial charge in [-0.15, -0.1) is 0 Å². The number of hydrogen-bond donors (Lipinski definition) is 0. The van der Waals surface area contributed by atoms with Gasteiger partial charge in [-0.25, -0.2) is 4.68 Å². The molecule has 1 aliphatic rings. The van der Waals surface area contributed by atoms with Gasteiger partial charge in [0.1, 0.15) is 12.4 Å². The number of halogens is 2. The Hall–Kier alpha value is -2.16. The molecule has 9 heteroatoms. The second-order valence-electron chi connectivity index (χ2n) is 6.77. The molecule has 0 spiro atoms. The molecule has 0 N–H and O–H groups in total. The summed E-state index contributed by atoms with van der Waals surface area (Å²) < 4.78 is 4.37. The van der Waals surface area contributed by atoms with Crippen molar-refractivity contribution in [2.75, 3.05) is 26.2 Å². The third-order valence-electron chi connectivity index (χ3n) is 4.73. The van der Waals surface area contributed by atoms with Crippen molar-refractivity contribution < 1.29 is 4.79 Å². The van der Waals surface area contributed by atoms with Gasteiger partial charge in [0.05, 0.1) is 10.7 Å². The first-order valence-electron chi connectivity index (χ1n) is 9.04. The zero-order valence-corrected chi connectivity index (χ0v) is 17.6. The summed E-state index contributed by atoms with van der Waals surface area (Å²) in [6.45, 7) is 4.42. The molecule has 0 unspecified atom stereocenters. The molecule has 146 valence electrons. The van der Waals surface area contributed by atoms with Crippen LogP contribution in [0.2, 0.25) is 5.02 Å². The van der Waals surface area contributed by atoms with Crippen LogP contribution >= 0.6 is 27.5 Å². The Balaban J connectivity index is 1.30. The van der Waals surface area contributed by atoms with Crippen molar-refractivity contribution in [2.24, 2.45) is 0 Å². The van der Waals surface area contributed by atoms with Crippen molar-refractivity contribution >= 4 is 33.4 Å². The molecule has 7 nitrogen and oxygen atoms in total. The molecular weight excluding hydrogens is 444 g/mol. The summed E-state index contributed by atoms with van der Waals surface area (Å²) in [4.78, 5) is 17.0. The van der Waals surface area contributed by atoms with Crippen LogP contribution in [0.15, 0.2) is 53.4 Å². The maximum Gasteiger partial charge on any atom is 0.274 e. The topological polar surface area (TPSA) is 59.2 Å². The van der Waals surface area contributed by atoms with Crippen molar-refractivity contribution in [1.29, 1.82) is 0 Å². The van der Waals surface area contributed by atoms with E-state index in [0.717, 1.165) is 29.1 Å². The minimum atomic E-state index is -0.0217. The van der Waals surface area contributed by atoms with Crippen LogP contribution in [0.25, 0.3) is 0 Å². The monoisotopic (exact) mass is 462 g/mol. The fraction of sp³-hybridized carbons (Fsp3) is 0.316. The second-order valence-corrected chi connectivity index (χ2v) is 8.13. The average Bonchev–Trinajstić information content (AvgIpc) is 3.33. The van der Waals surface area contributed by atoms with Crippen molar-refractivity contribution in [2.45, 2.75) is 13.2 Å². The molecule has 0 atom stereocenters. The number of carbonyl (C=O) groups is 1. The van der Waals surface area contributed by atoms with Gasteiger partial charge in [0, 0.05) is 50.1 Å². The highest BCUT2D eigenvalue weighted by atomic mass is 79.9. The molecule has 28 heavy (non-hydrogen) atoms. The first kappa shape index (κ1) is 19.2. The molecule has 3 heterocycles. The fourth-order valence-electron chi connectivity index (χ4n) is 3.24. The lowest BCUT2D eigenvalue weighted by atomic mass is 10.2. The van der Waals surface area contributed by atoms with E-state index in [-0.39, 0.29) is 5.91 Å². The van der Waals surface area contributed by atoms with E-state index in [0.29, 0.717) is 25.5 Å². The SMILES string of the molecule is O=C(c1ccn(Cn2cc(Br)cn2)n1)N1CCN(Cc2ccc(Cl)cc2)CC1. The first-order chi connectivity index (χ1) is 13.6. The summed E-state index contributed by atoms with van der Waals surface area (Å²) in [6, 6.07) is 9.68. The minimum absolute atomic E-state index is 0.0217. The number of piperazine rings is 1.